The molecule has 12 nitrogen and oxygen atoms in total. The number of amides is 1. The number of ether oxygens (including phenoxy) is 6. The van der Waals surface area contributed by atoms with Gasteiger partial charge in [0.1, 0.15) is 29.9 Å². The number of carbonyl (C=O) groups is 1. The number of benzene rings is 4. The zero-order chi connectivity index (χ0) is 50.1. The van der Waals surface area contributed by atoms with Gasteiger partial charge >= 0.3 is 6.09 Å². The van der Waals surface area contributed by atoms with Crippen molar-refractivity contribution in [3.8, 4) is 28.7 Å². The molecular weight excluding hydrogens is 909 g/mol. The maximum atomic E-state index is 15.2. The summed E-state index contributed by atoms with van der Waals surface area (Å²) in [5.41, 5.74) is 3.50. The fourth-order valence-electron chi connectivity index (χ4n) is 11.6. The molecule has 6 atom stereocenters. The van der Waals surface area contributed by atoms with Gasteiger partial charge in [-0.2, -0.15) is 0 Å². The number of allylic oxidation sites excluding steroid dienone is 1. The predicted octanol–water partition coefficient (Wildman–Crippen LogP) is 13.6. The number of rotatable bonds is 29. The van der Waals surface area contributed by atoms with E-state index in [0.29, 0.717) is 42.4 Å². The van der Waals surface area contributed by atoms with E-state index < -0.39 is 23.8 Å². The number of fused-ring (bicyclic) bond motifs is 4. The number of aliphatic hydroxyl groups excluding tert-OH is 2. The number of unbranched alkanes of at least 4 members (excludes halogenated alkanes) is 11. The third kappa shape index (κ3) is 12.6. The molecule has 1 fully saturated rings. The highest BCUT2D eigenvalue weighted by atomic mass is 16.7. The Morgan fingerprint density at radius 3 is 2.26 bits per heavy atom. The molecule has 12 heteroatoms. The molecule has 4 aliphatic rings. The van der Waals surface area contributed by atoms with Crippen molar-refractivity contribution >= 4 is 22.6 Å². The molecule has 4 aromatic carbocycles. The Bertz CT molecular complexity index is 2450. The number of carbonyl (C=O) groups excluding carboxylic acids is 1. The van der Waals surface area contributed by atoms with Crippen LogP contribution >= 0.6 is 0 Å². The van der Waals surface area contributed by atoms with E-state index in [9.17, 15) is 10.2 Å². The van der Waals surface area contributed by atoms with Crippen LogP contribution < -0.4 is 18.9 Å². The highest BCUT2D eigenvalue weighted by Gasteiger charge is 2.65. The van der Waals surface area contributed by atoms with Gasteiger partial charge in [-0.1, -0.05) is 131 Å². The summed E-state index contributed by atoms with van der Waals surface area (Å²) in [6.07, 6.45) is 20.2. The molecule has 4 aromatic rings. The van der Waals surface area contributed by atoms with Crippen molar-refractivity contribution in [1.82, 2.24) is 4.90 Å². The van der Waals surface area contributed by atoms with Crippen LogP contribution in [0.3, 0.4) is 0 Å². The Labute approximate surface area is 427 Å². The van der Waals surface area contributed by atoms with Crippen molar-refractivity contribution < 1.29 is 48.3 Å². The average molecular weight is 987 g/mol. The Morgan fingerprint density at radius 1 is 0.792 bits per heavy atom. The molecule has 0 spiro atoms. The van der Waals surface area contributed by atoms with Crippen LogP contribution in [-0.4, -0.2) is 78.6 Å². The molecule has 2 aliphatic heterocycles. The standard InChI is InChI=1S/C60H78N2O10/c1-4-7-8-9-10-11-12-13-14-21-35-66-59(65)62(41-43-26-30-54-55(36-43)68-42-67-54)56-40-52(61-70-6-3)50-38-46(24-17-19-32-63)49(25-18-20-33-64)57-51-39-48(71-47-28-27-44-22-15-16-23-45(44)37-47)29-31-53(51)72-60(56,58(50)57)69-34-5-2/h5,15-16,22-23,26-31,36-39,46,49,56-58,63-64H,2,4,6-14,17-21,24-25,32-35,40-42H2,1,3H3. The van der Waals surface area contributed by atoms with Crippen LogP contribution in [0.4, 0.5) is 4.79 Å². The van der Waals surface area contributed by atoms with Crippen molar-refractivity contribution in [1.29, 1.82) is 0 Å². The lowest BCUT2D eigenvalue weighted by molar-refractivity contribution is -0.256. The lowest BCUT2D eigenvalue weighted by atomic mass is 9.55. The van der Waals surface area contributed by atoms with E-state index in [4.69, 9.17) is 38.4 Å². The summed E-state index contributed by atoms with van der Waals surface area (Å²) in [6.45, 7) is 9.55. The van der Waals surface area contributed by atoms with E-state index in [1.165, 1.54) is 44.9 Å². The largest absolute Gasteiger partial charge is 0.459 e. The molecule has 8 rings (SSSR count). The topological polar surface area (TPSA) is 138 Å². The van der Waals surface area contributed by atoms with Gasteiger partial charge in [0.2, 0.25) is 12.6 Å². The smallest absolute Gasteiger partial charge is 0.410 e. The van der Waals surface area contributed by atoms with Crippen molar-refractivity contribution in [2.24, 2.45) is 22.9 Å². The number of hydrogen-bond donors (Lipinski definition) is 2. The summed E-state index contributed by atoms with van der Waals surface area (Å²) < 4.78 is 39.3. The summed E-state index contributed by atoms with van der Waals surface area (Å²) in [5.74, 6) is 1.27. The summed E-state index contributed by atoms with van der Waals surface area (Å²) in [4.78, 5) is 22.9. The van der Waals surface area contributed by atoms with Crippen LogP contribution in [0.25, 0.3) is 10.8 Å². The van der Waals surface area contributed by atoms with E-state index in [-0.39, 0.29) is 63.9 Å². The average Bonchev–Trinajstić information content (AvgIpc) is 3.87. The normalized spacial score (nSPS) is 22.1. The molecule has 0 bridgehead atoms. The Kier molecular flexibility index (Phi) is 19.3. The molecule has 2 heterocycles. The van der Waals surface area contributed by atoms with Gasteiger partial charge < -0.3 is 43.5 Å². The maximum Gasteiger partial charge on any atom is 0.410 e. The van der Waals surface area contributed by atoms with Gasteiger partial charge in [0, 0.05) is 37.7 Å². The summed E-state index contributed by atoms with van der Waals surface area (Å²) in [6, 6.07) is 25.4. The summed E-state index contributed by atoms with van der Waals surface area (Å²) >= 11 is 0. The predicted molar refractivity (Wildman–Crippen MR) is 282 cm³/mol. The monoisotopic (exact) mass is 987 g/mol. The van der Waals surface area contributed by atoms with Crippen molar-refractivity contribution in [3.05, 3.63) is 114 Å². The van der Waals surface area contributed by atoms with Gasteiger partial charge in [0.15, 0.2) is 11.5 Å². The lowest BCUT2D eigenvalue weighted by Gasteiger charge is -2.59. The van der Waals surface area contributed by atoms with Crippen LogP contribution in [0.2, 0.25) is 0 Å². The van der Waals surface area contributed by atoms with E-state index in [2.05, 4.69) is 49.9 Å². The second-order valence-corrected chi connectivity index (χ2v) is 19.9. The fraction of sp³-hybridized carbons (Fsp3) is 0.533. The molecule has 388 valence electrons. The first kappa shape index (κ1) is 52.8. The minimum Gasteiger partial charge on any atom is -0.459 e. The Balaban J connectivity index is 1.21. The van der Waals surface area contributed by atoms with Gasteiger partial charge in [-0.25, -0.2) is 4.79 Å². The molecule has 72 heavy (non-hydrogen) atoms. The fourth-order valence-corrected chi connectivity index (χ4v) is 11.6. The minimum absolute atomic E-state index is 0.0481. The first-order chi connectivity index (χ1) is 35.4. The van der Waals surface area contributed by atoms with Gasteiger partial charge in [0.25, 0.3) is 0 Å². The summed E-state index contributed by atoms with van der Waals surface area (Å²) in [5, 5.41) is 27.2. The van der Waals surface area contributed by atoms with Gasteiger partial charge in [-0.15, -0.1) is 6.58 Å². The van der Waals surface area contributed by atoms with E-state index in [1.807, 2.05) is 55.5 Å². The maximum absolute atomic E-state index is 15.2. The van der Waals surface area contributed by atoms with Crippen LogP contribution in [-0.2, 0) is 20.9 Å². The first-order valence-electron chi connectivity index (χ1n) is 27.1. The van der Waals surface area contributed by atoms with Crippen LogP contribution in [0.1, 0.15) is 140 Å². The lowest BCUT2D eigenvalue weighted by Crippen LogP contribution is -2.70. The molecule has 0 aromatic heterocycles. The second-order valence-electron chi connectivity index (χ2n) is 19.9. The number of nitrogens with zero attached hydrogens (tertiary/aromatic N) is 2. The highest BCUT2D eigenvalue weighted by Crippen LogP contribution is 2.62. The highest BCUT2D eigenvalue weighted by molar-refractivity contribution is 6.03. The van der Waals surface area contributed by atoms with E-state index in [0.717, 1.165) is 83.9 Å². The van der Waals surface area contributed by atoms with Gasteiger partial charge in [-0.05, 0) is 115 Å². The van der Waals surface area contributed by atoms with Crippen molar-refractivity contribution in [2.45, 2.75) is 147 Å². The van der Waals surface area contributed by atoms with Crippen LogP contribution in [0.5, 0.6) is 28.7 Å². The molecule has 1 saturated carbocycles. The number of oxime groups is 1. The Morgan fingerprint density at radius 2 is 1.50 bits per heavy atom. The molecule has 2 aliphatic carbocycles. The zero-order valence-corrected chi connectivity index (χ0v) is 42.8. The van der Waals surface area contributed by atoms with Crippen LogP contribution in [0.15, 0.2) is 108 Å². The van der Waals surface area contributed by atoms with E-state index in [1.54, 1.807) is 11.0 Å². The quantitative estimate of drug-likeness (QED) is 0.0307. The first-order valence-corrected chi connectivity index (χ1v) is 27.1. The molecule has 2 N–H and O–H groups in total. The number of aliphatic hydroxyl groups is 2. The van der Waals surface area contributed by atoms with Gasteiger partial charge in [-0.3, -0.25) is 4.90 Å². The second kappa shape index (κ2) is 26.4. The third-order valence-electron chi connectivity index (χ3n) is 15.0. The zero-order valence-electron chi connectivity index (χ0n) is 42.8. The van der Waals surface area contributed by atoms with Crippen molar-refractivity contribution in [3.63, 3.8) is 0 Å². The van der Waals surface area contributed by atoms with Crippen LogP contribution in [0, 0.1) is 17.8 Å². The van der Waals surface area contributed by atoms with Crippen molar-refractivity contribution in [2.75, 3.05) is 39.8 Å². The van der Waals surface area contributed by atoms with E-state index >= 15 is 4.79 Å². The molecule has 0 saturated heterocycles. The number of hydrogen-bond acceptors (Lipinski definition) is 11. The van der Waals surface area contributed by atoms with Gasteiger partial charge in [0.05, 0.1) is 24.8 Å². The summed E-state index contributed by atoms with van der Waals surface area (Å²) in [7, 11) is 0. The Hall–Kier alpha value is -5.56. The molecular formula is C60H78N2O10. The third-order valence-corrected chi connectivity index (χ3v) is 15.0. The molecule has 6 unspecified atom stereocenters. The SMILES string of the molecule is C=CCOC12Oc3ccc(Oc4ccc5ccccc5c4)cc3C3C(CCCCO)C(CCCCO)C=C(C(=NOCC)CC1N(Cc1ccc4c(c1)OCO4)C(=O)OCCCCCCCCCCCC)C32. The minimum atomic E-state index is -1.46. The molecule has 0 radical (unpaired) electrons. The molecule has 1 amide bonds.